The molecule has 80 valence electrons. The second-order valence-corrected chi connectivity index (χ2v) is 3.79. The van der Waals surface area contributed by atoms with Gasteiger partial charge in [0.1, 0.15) is 11.4 Å². The maximum atomic E-state index is 5.39. The number of hydrogen-bond acceptors (Lipinski definition) is 2. The summed E-state index contributed by atoms with van der Waals surface area (Å²) in [6.45, 7) is 0. The molecule has 2 aromatic heterocycles. The third-order valence-corrected chi connectivity index (χ3v) is 2.95. The molecule has 2 heterocycles. The zero-order valence-electron chi connectivity index (χ0n) is 9.27. The minimum absolute atomic E-state index is 0.887. The molecule has 0 radical (unpaired) electrons. The first-order valence-corrected chi connectivity index (χ1v) is 5.19. The van der Waals surface area contributed by atoms with Crippen molar-refractivity contribution in [2.45, 2.75) is 0 Å². The Balaban J connectivity index is 2.61. The second-order valence-electron chi connectivity index (χ2n) is 3.79. The first-order chi connectivity index (χ1) is 7.83. The van der Waals surface area contributed by atoms with Crippen LogP contribution in [0.1, 0.15) is 0 Å². The Morgan fingerprint density at radius 2 is 1.94 bits per heavy atom. The van der Waals surface area contributed by atoms with E-state index in [1.165, 1.54) is 10.8 Å². The number of fused-ring (bicyclic) bond motifs is 3. The lowest BCUT2D eigenvalue weighted by Crippen LogP contribution is -1.92. The van der Waals surface area contributed by atoms with Crippen LogP contribution in [0.2, 0.25) is 0 Å². The molecule has 1 aromatic carbocycles. The fourth-order valence-electron chi connectivity index (χ4n) is 2.23. The van der Waals surface area contributed by atoms with Crippen molar-refractivity contribution in [3.8, 4) is 5.75 Å². The number of aryl methyl sites for hydroxylation is 1. The Bertz CT molecular complexity index is 670. The van der Waals surface area contributed by atoms with Crippen molar-refractivity contribution in [2.75, 3.05) is 7.11 Å². The lowest BCUT2D eigenvalue weighted by atomic mass is 10.2. The summed E-state index contributed by atoms with van der Waals surface area (Å²) < 4.78 is 7.46. The molecular weight excluding hydrogens is 200 g/mol. The highest BCUT2D eigenvalue weighted by molar-refractivity contribution is 6.08. The van der Waals surface area contributed by atoms with E-state index in [1.807, 2.05) is 31.4 Å². The molecule has 0 amide bonds. The number of para-hydroxylation sites is 1. The van der Waals surface area contributed by atoms with Crippen molar-refractivity contribution in [3.05, 3.63) is 36.5 Å². The minimum Gasteiger partial charge on any atom is -0.495 e. The summed E-state index contributed by atoms with van der Waals surface area (Å²) in [6, 6.07) is 10.1. The van der Waals surface area contributed by atoms with Crippen LogP contribution in [0.5, 0.6) is 5.75 Å². The van der Waals surface area contributed by atoms with Crippen molar-refractivity contribution < 1.29 is 4.74 Å². The van der Waals surface area contributed by atoms with E-state index >= 15 is 0 Å². The average Bonchev–Trinajstić information content (AvgIpc) is 2.64. The maximum Gasteiger partial charge on any atom is 0.143 e. The van der Waals surface area contributed by atoms with E-state index in [1.54, 1.807) is 7.11 Å². The van der Waals surface area contributed by atoms with Gasteiger partial charge in [0.25, 0.3) is 0 Å². The zero-order chi connectivity index (χ0) is 11.1. The van der Waals surface area contributed by atoms with Crippen molar-refractivity contribution in [1.82, 2.24) is 9.55 Å². The number of pyridine rings is 1. The molecule has 0 N–H and O–H groups in total. The third kappa shape index (κ3) is 1.05. The molecule has 0 aliphatic heterocycles. The molecule has 16 heavy (non-hydrogen) atoms. The Morgan fingerprint density at radius 1 is 1.12 bits per heavy atom. The Labute approximate surface area is 93.3 Å². The normalized spacial score (nSPS) is 11.1. The molecule has 3 heteroatoms. The van der Waals surface area contributed by atoms with Gasteiger partial charge in [-0.05, 0) is 18.2 Å². The highest BCUT2D eigenvalue weighted by atomic mass is 16.5. The van der Waals surface area contributed by atoms with Crippen LogP contribution >= 0.6 is 0 Å². The van der Waals surface area contributed by atoms with Crippen molar-refractivity contribution >= 4 is 21.9 Å². The summed E-state index contributed by atoms with van der Waals surface area (Å²) in [7, 11) is 3.71. The van der Waals surface area contributed by atoms with Gasteiger partial charge in [-0.25, -0.2) is 4.98 Å². The molecule has 0 aliphatic carbocycles. The Morgan fingerprint density at radius 3 is 2.75 bits per heavy atom. The molecule has 3 rings (SSSR count). The van der Waals surface area contributed by atoms with Gasteiger partial charge in [0.05, 0.1) is 12.6 Å². The van der Waals surface area contributed by atoms with Gasteiger partial charge in [0.15, 0.2) is 0 Å². The molecule has 0 bridgehead atoms. The SMILES string of the molecule is COc1cccc2c3cccnc3n(C)c12. The van der Waals surface area contributed by atoms with E-state index in [9.17, 15) is 0 Å². The van der Waals surface area contributed by atoms with Crippen LogP contribution in [0.4, 0.5) is 0 Å². The van der Waals surface area contributed by atoms with Crippen molar-refractivity contribution in [3.63, 3.8) is 0 Å². The van der Waals surface area contributed by atoms with E-state index in [-0.39, 0.29) is 0 Å². The quantitative estimate of drug-likeness (QED) is 0.620. The summed E-state index contributed by atoms with van der Waals surface area (Å²) >= 11 is 0. The summed E-state index contributed by atoms with van der Waals surface area (Å²) in [4.78, 5) is 4.40. The van der Waals surface area contributed by atoms with Crippen molar-refractivity contribution in [1.29, 1.82) is 0 Å². The van der Waals surface area contributed by atoms with Crippen LogP contribution in [0, 0.1) is 0 Å². The highest BCUT2D eigenvalue weighted by Crippen LogP contribution is 2.32. The van der Waals surface area contributed by atoms with Gasteiger partial charge in [-0.2, -0.15) is 0 Å². The minimum atomic E-state index is 0.887. The molecule has 0 unspecified atom stereocenters. The average molecular weight is 212 g/mol. The molecule has 0 saturated heterocycles. The van der Waals surface area contributed by atoms with Gasteiger partial charge in [-0.1, -0.05) is 12.1 Å². The van der Waals surface area contributed by atoms with Crippen LogP contribution in [0.15, 0.2) is 36.5 Å². The molecule has 0 aliphatic rings. The standard InChI is InChI=1S/C13H12N2O/c1-15-12-9(5-3-7-11(12)16-2)10-6-4-8-14-13(10)15/h3-8H,1-2H3. The van der Waals surface area contributed by atoms with Gasteiger partial charge < -0.3 is 9.30 Å². The molecule has 0 spiro atoms. The Kier molecular flexibility index (Phi) is 1.86. The van der Waals surface area contributed by atoms with E-state index in [4.69, 9.17) is 4.74 Å². The maximum absolute atomic E-state index is 5.39. The molecule has 3 nitrogen and oxygen atoms in total. The Hall–Kier alpha value is -2.03. The number of rotatable bonds is 1. The lowest BCUT2D eigenvalue weighted by Gasteiger charge is -2.03. The summed E-state index contributed by atoms with van der Waals surface area (Å²) in [6.07, 6.45) is 1.81. The fraction of sp³-hybridized carbons (Fsp3) is 0.154. The lowest BCUT2D eigenvalue weighted by molar-refractivity contribution is 0.418. The van der Waals surface area contributed by atoms with E-state index in [0.29, 0.717) is 0 Å². The number of hydrogen-bond donors (Lipinski definition) is 0. The molecule has 0 fully saturated rings. The van der Waals surface area contributed by atoms with Gasteiger partial charge in [-0.3, -0.25) is 0 Å². The second kappa shape index (κ2) is 3.23. The summed E-state index contributed by atoms with van der Waals surface area (Å²) in [5.74, 6) is 0.887. The van der Waals surface area contributed by atoms with Crippen LogP contribution in [0.3, 0.4) is 0 Å². The van der Waals surface area contributed by atoms with Gasteiger partial charge in [0.2, 0.25) is 0 Å². The van der Waals surface area contributed by atoms with E-state index < -0.39 is 0 Å². The van der Waals surface area contributed by atoms with Crippen LogP contribution < -0.4 is 4.74 Å². The fourth-order valence-corrected chi connectivity index (χ4v) is 2.23. The van der Waals surface area contributed by atoms with E-state index in [2.05, 4.69) is 21.7 Å². The van der Waals surface area contributed by atoms with Gasteiger partial charge in [-0.15, -0.1) is 0 Å². The summed E-state index contributed by atoms with van der Waals surface area (Å²) in [5, 5.41) is 2.35. The summed E-state index contributed by atoms with van der Waals surface area (Å²) in [5.41, 5.74) is 2.08. The predicted octanol–water partition coefficient (Wildman–Crippen LogP) is 2.74. The van der Waals surface area contributed by atoms with Crippen LogP contribution in [-0.4, -0.2) is 16.7 Å². The van der Waals surface area contributed by atoms with Crippen molar-refractivity contribution in [2.24, 2.45) is 7.05 Å². The monoisotopic (exact) mass is 212 g/mol. The van der Waals surface area contributed by atoms with E-state index in [0.717, 1.165) is 16.9 Å². The number of ether oxygens (including phenoxy) is 1. The number of aromatic nitrogens is 2. The van der Waals surface area contributed by atoms with Gasteiger partial charge in [0, 0.05) is 24.0 Å². The molecular formula is C13H12N2O. The predicted molar refractivity (Wildman–Crippen MR) is 64.8 cm³/mol. The largest absolute Gasteiger partial charge is 0.495 e. The molecule has 3 aromatic rings. The highest BCUT2D eigenvalue weighted by Gasteiger charge is 2.11. The first-order valence-electron chi connectivity index (χ1n) is 5.19. The third-order valence-electron chi connectivity index (χ3n) is 2.95. The topological polar surface area (TPSA) is 27.1 Å². The zero-order valence-corrected chi connectivity index (χ0v) is 9.27. The van der Waals surface area contributed by atoms with Gasteiger partial charge >= 0.3 is 0 Å². The first kappa shape index (κ1) is 9.21. The molecule has 0 saturated carbocycles. The van der Waals surface area contributed by atoms with Crippen LogP contribution in [0.25, 0.3) is 21.9 Å². The number of nitrogens with zero attached hydrogens (tertiary/aromatic N) is 2. The van der Waals surface area contributed by atoms with Crippen LogP contribution in [-0.2, 0) is 7.05 Å². The molecule has 0 atom stereocenters. The number of benzene rings is 1. The smallest absolute Gasteiger partial charge is 0.143 e. The number of methoxy groups -OCH3 is 1.